The first-order chi connectivity index (χ1) is 6.09. The fourth-order valence-electron chi connectivity index (χ4n) is 1.85. The molecule has 1 amide bonds. The molecule has 68 valence electrons. The van der Waals surface area contributed by atoms with E-state index < -0.39 is 0 Å². The van der Waals surface area contributed by atoms with Crippen LogP contribution in [0.25, 0.3) is 0 Å². The van der Waals surface area contributed by atoms with Gasteiger partial charge in [-0.25, -0.2) is 0 Å². The number of rotatable bonds is 0. The second kappa shape index (κ2) is 2.49. The summed E-state index contributed by atoms with van der Waals surface area (Å²) >= 11 is 0. The van der Waals surface area contributed by atoms with Crippen molar-refractivity contribution in [2.75, 3.05) is 11.9 Å². The van der Waals surface area contributed by atoms with Crippen LogP contribution < -0.4 is 4.90 Å². The number of hydrogen-bond donors (Lipinski definition) is 1. The van der Waals surface area contributed by atoms with Gasteiger partial charge in [0.05, 0.1) is 12.1 Å². The third kappa shape index (κ3) is 1.08. The number of phenols is 1. The normalized spacial score (nSPS) is 14.9. The zero-order chi connectivity index (χ0) is 9.59. The maximum absolute atomic E-state index is 11.3. The average molecular weight is 177 g/mol. The van der Waals surface area contributed by atoms with E-state index in [2.05, 4.69) is 0 Å². The Balaban J connectivity index is 2.64. The van der Waals surface area contributed by atoms with Crippen molar-refractivity contribution in [3.8, 4) is 5.75 Å². The summed E-state index contributed by atoms with van der Waals surface area (Å²) in [5, 5.41) is 9.32. The van der Waals surface area contributed by atoms with Crippen LogP contribution in [-0.2, 0) is 11.2 Å². The molecule has 3 nitrogen and oxygen atoms in total. The molecule has 1 aromatic carbocycles. The average Bonchev–Trinajstić information content (AvgIpc) is 2.27. The zero-order valence-corrected chi connectivity index (χ0v) is 7.66. The highest BCUT2D eigenvalue weighted by Crippen LogP contribution is 2.33. The molecule has 3 heteroatoms. The van der Waals surface area contributed by atoms with E-state index in [-0.39, 0.29) is 11.7 Å². The summed E-state index contributed by atoms with van der Waals surface area (Å²) in [4.78, 5) is 13.0. The SMILES string of the molecule is Cc1cc(O)cc2c1N(C)C(=O)C2. The zero-order valence-electron chi connectivity index (χ0n) is 7.66. The van der Waals surface area contributed by atoms with Crippen LogP contribution in [-0.4, -0.2) is 18.1 Å². The number of anilines is 1. The molecule has 13 heavy (non-hydrogen) atoms. The van der Waals surface area contributed by atoms with E-state index in [1.165, 1.54) is 0 Å². The molecule has 1 aliphatic rings. The van der Waals surface area contributed by atoms with Crippen molar-refractivity contribution in [3.05, 3.63) is 23.3 Å². The van der Waals surface area contributed by atoms with Gasteiger partial charge in [-0.05, 0) is 30.2 Å². The number of fused-ring (bicyclic) bond motifs is 1. The number of benzene rings is 1. The maximum Gasteiger partial charge on any atom is 0.231 e. The Hall–Kier alpha value is -1.51. The lowest BCUT2D eigenvalue weighted by Gasteiger charge is -2.12. The number of hydrogen-bond acceptors (Lipinski definition) is 2. The largest absolute Gasteiger partial charge is 0.508 e. The molecule has 0 radical (unpaired) electrons. The van der Waals surface area contributed by atoms with Gasteiger partial charge >= 0.3 is 0 Å². The number of carbonyl (C=O) groups is 1. The fraction of sp³-hybridized carbons (Fsp3) is 0.300. The van der Waals surface area contributed by atoms with Gasteiger partial charge in [-0.1, -0.05) is 0 Å². The van der Waals surface area contributed by atoms with Gasteiger partial charge in [-0.15, -0.1) is 0 Å². The van der Waals surface area contributed by atoms with Gasteiger partial charge in [0.25, 0.3) is 0 Å². The maximum atomic E-state index is 11.3. The minimum absolute atomic E-state index is 0.0868. The molecule has 0 bridgehead atoms. The molecule has 0 saturated carbocycles. The van der Waals surface area contributed by atoms with Crippen molar-refractivity contribution in [2.24, 2.45) is 0 Å². The second-order valence-electron chi connectivity index (χ2n) is 3.40. The van der Waals surface area contributed by atoms with Crippen molar-refractivity contribution in [2.45, 2.75) is 13.3 Å². The highest BCUT2D eigenvalue weighted by atomic mass is 16.3. The van der Waals surface area contributed by atoms with E-state index in [4.69, 9.17) is 0 Å². The summed E-state index contributed by atoms with van der Waals surface area (Å²) in [7, 11) is 1.76. The molecule has 2 rings (SSSR count). The standard InChI is InChI=1S/C10H11NO2/c1-6-3-8(12)4-7-5-9(13)11(2)10(6)7/h3-4,12H,5H2,1-2H3. The fourth-order valence-corrected chi connectivity index (χ4v) is 1.85. The molecule has 0 saturated heterocycles. The van der Waals surface area contributed by atoms with Crippen molar-refractivity contribution in [1.29, 1.82) is 0 Å². The second-order valence-corrected chi connectivity index (χ2v) is 3.40. The third-order valence-corrected chi connectivity index (χ3v) is 2.42. The molecule has 1 aliphatic heterocycles. The van der Waals surface area contributed by atoms with E-state index in [0.717, 1.165) is 16.8 Å². The third-order valence-electron chi connectivity index (χ3n) is 2.42. The molecule has 0 aliphatic carbocycles. The first-order valence-corrected chi connectivity index (χ1v) is 4.18. The molecule has 0 atom stereocenters. The molecule has 1 heterocycles. The number of nitrogens with zero attached hydrogens (tertiary/aromatic N) is 1. The van der Waals surface area contributed by atoms with Crippen molar-refractivity contribution in [1.82, 2.24) is 0 Å². The van der Waals surface area contributed by atoms with Crippen LogP contribution in [0.2, 0.25) is 0 Å². The van der Waals surface area contributed by atoms with E-state index in [1.807, 2.05) is 6.92 Å². The molecular formula is C10H11NO2. The van der Waals surface area contributed by atoms with Crippen molar-refractivity contribution < 1.29 is 9.90 Å². The summed E-state index contributed by atoms with van der Waals surface area (Å²) in [5.41, 5.74) is 2.82. The minimum Gasteiger partial charge on any atom is -0.508 e. The summed E-state index contributed by atoms with van der Waals surface area (Å²) in [5.74, 6) is 0.322. The van der Waals surface area contributed by atoms with E-state index >= 15 is 0 Å². The molecule has 0 unspecified atom stereocenters. The number of likely N-dealkylation sites (N-methyl/N-ethyl adjacent to an activating group) is 1. The Morgan fingerprint density at radius 2 is 2.15 bits per heavy atom. The van der Waals surface area contributed by atoms with Crippen LogP contribution in [0.5, 0.6) is 5.75 Å². The van der Waals surface area contributed by atoms with Gasteiger partial charge in [0.1, 0.15) is 5.75 Å². The van der Waals surface area contributed by atoms with Gasteiger partial charge in [0, 0.05) is 7.05 Å². The Labute approximate surface area is 76.6 Å². The number of aromatic hydroxyl groups is 1. The van der Waals surface area contributed by atoms with E-state index in [0.29, 0.717) is 6.42 Å². The van der Waals surface area contributed by atoms with Crippen molar-refractivity contribution in [3.63, 3.8) is 0 Å². The summed E-state index contributed by atoms with van der Waals surface area (Å²) in [6.45, 7) is 1.90. The predicted molar refractivity (Wildman–Crippen MR) is 50.0 cm³/mol. The minimum atomic E-state index is 0.0868. The van der Waals surface area contributed by atoms with Gasteiger partial charge in [-0.3, -0.25) is 4.79 Å². The van der Waals surface area contributed by atoms with Crippen LogP contribution in [0.15, 0.2) is 12.1 Å². The van der Waals surface area contributed by atoms with Crippen LogP contribution in [0, 0.1) is 6.92 Å². The number of aryl methyl sites for hydroxylation is 1. The Morgan fingerprint density at radius 3 is 2.85 bits per heavy atom. The number of amides is 1. The van der Waals surface area contributed by atoms with Gasteiger partial charge in [0.15, 0.2) is 0 Å². The summed E-state index contributed by atoms with van der Waals surface area (Å²) in [6, 6.07) is 3.33. The summed E-state index contributed by atoms with van der Waals surface area (Å²) in [6.07, 6.45) is 0.404. The van der Waals surface area contributed by atoms with Crippen LogP contribution >= 0.6 is 0 Å². The first kappa shape index (κ1) is 8.10. The van der Waals surface area contributed by atoms with E-state index in [1.54, 1.807) is 24.1 Å². The topological polar surface area (TPSA) is 40.5 Å². The molecule has 0 aromatic heterocycles. The van der Waals surface area contributed by atoms with Gasteiger partial charge in [0.2, 0.25) is 5.91 Å². The highest BCUT2D eigenvalue weighted by Gasteiger charge is 2.25. The molecule has 0 fully saturated rings. The first-order valence-electron chi connectivity index (χ1n) is 4.18. The van der Waals surface area contributed by atoms with Crippen LogP contribution in [0.1, 0.15) is 11.1 Å². The lowest BCUT2D eigenvalue weighted by atomic mass is 10.1. The van der Waals surface area contributed by atoms with Gasteiger partial charge < -0.3 is 10.0 Å². The highest BCUT2D eigenvalue weighted by molar-refractivity contribution is 6.02. The smallest absolute Gasteiger partial charge is 0.231 e. The van der Waals surface area contributed by atoms with Crippen molar-refractivity contribution >= 4 is 11.6 Å². The lowest BCUT2D eigenvalue weighted by molar-refractivity contribution is -0.117. The Bertz CT molecular complexity index is 385. The lowest BCUT2D eigenvalue weighted by Crippen LogP contribution is -2.21. The Morgan fingerprint density at radius 1 is 1.46 bits per heavy atom. The Kier molecular flexibility index (Phi) is 1.55. The number of phenolic OH excluding ortho intramolecular Hbond substituents is 1. The predicted octanol–water partition coefficient (Wildman–Crippen LogP) is 1.22. The summed E-state index contributed by atoms with van der Waals surface area (Å²) < 4.78 is 0. The molecule has 1 N–H and O–H groups in total. The van der Waals surface area contributed by atoms with Crippen LogP contribution in [0.4, 0.5) is 5.69 Å². The monoisotopic (exact) mass is 177 g/mol. The number of carbonyl (C=O) groups excluding carboxylic acids is 1. The van der Waals surface area contributed by atoms with E-state index in [9.17, 15) is 9.90 Å². The quantitative estimate of drug-likeness (QED) is 0.647. The van der Waals surface area contributed by atoms with Gasteiger partial charge in [-0.2, -0.15) is 0 Å². The molecular weight excluding hydrogens is 166 g/mol. The molecule has 0 spiro atoms. The molecule has 1 aromatic rings. The van der Waals surface area contributed by atoms with Crippen LogP contribution in [0.3, 0.4) is 0 Å².